The summed E-state index contributed by atoms with van der Waals surface area (Å²) in [5.74, 6) is 2.36. The average molecular weight is 245 g/mol. The Kier molecular flexibility index (Phi) is 4.79. The van der Waals surface area contributed by atoms with Crippen molar-refractivity contribution in [2.75, 3.05) is 11.9 Å². The van der Waals surface area contributed by atoms with Crippen molar-refractivity contribution < 1.29 is 9.53 Å². The second-order valence-electron chi connectivity index (χ2n) is 4.99. The lowest BCUT2D eigenvalue weighted by atomic mass is 10.2. The molecule has 0 aliphatic rings. The van der Waals surface area contributed by atoms with E-state index in [2.05, 4.69) is 11.2 Å². The highest BCUT2D eigenvalue weighted by Gasteiger charge is 2.15. The van der Waals surface area contributed by atoms with Crippen molar-refractivity contribution in [3.05, 3.63) is 29.8 Å². The van der Waals surface area contributed by atoms with Crippen molar-refractivity contribution in [2.24, 2.45) is 0 Å². The van der Waals surface area contributed by atoms with Gasteiger partial charge in [0.05, 0.1) is 6.42 Å². The van der Waals surface area contributed by atoms with Gasteiger partial charge >= 0.3 is 5.97 Å². The fraction of sp³-hybridized carbons (Fsp3) is 0.400. The van der Waals surface area contributed by atoms with Gasteiger partial charge < -0.3 is 10.1 Å². The number of esters is 1. The first-order valence-electron chi connectivity index (χ1n) is 5.93. The molecule has 0 aliphatic carbocycles. The number of terminal acetylenes is 1. The molecule has 0 fully saturated rings. The molecule has 0 aromatic heterocycles. The fourth-order valence-electron chi connectivity index (χ4n) is 1.42. The predicted octanol–water partition coefficient (Wildman–Crippen LogP) is 2.81. The van der Waals surface area contributed by atoms with Gasteiger partial charge in [-0.05, 0) is 39.0 Å². The Labute approximate surface area is 109 Å². The van der Waals surface area contributed by atoms with Crippen LogP contribution in [0.1, 0.15) is 32.8 Å². The van der Waals surface area contributed by atoms with E-state index in [0.29, 0.717) is 13.0 Å². The van der Waals surface area contributed by atoms with E-state index in [1.54, 1.807) is 0 Å². The summed E-state index contributed by atoms with van der Waals surface area (Å²) in [6.07, 6.45) is 5.64. The van der Waals surface area contributed by atoms with Crippen LogP contribution in [0.5, 0.6) is 0 Å². The van der Waals surface area contributed by atoms with Gasteiger partial charge in [-0.25, -0.2) is 0 Å². The van der Waals surface area contributed by atoms with E-state index >= 15 is 0 Å². The smallest absolute Gasteiger partial charge is 0.308 e. The monoisotopic (exact) mass is 245 g/mol. The molecule has 0 bridgehead atoms. The normalized spacial score (nSPS) is 10.6. The van der Waals surface area contributed by atoms with Crippen LogP contribution in [-0.2, 0) is 9.53 Å². The van der Waals surface area contributed by atoms with Crippen molar-refractivity contribution in [2.45, 2.75) is 32.8 Å². The number of hydrogen-bond acceptors (Lipinski definition) is 3. The second kappa shape index (κ2) is 6.11. The fourth-order valence-corrected chi connectivity index (χ4v) is 1.42. The summed E-state index contributed by atoms with van der Waals surface area (Å²) in [6.45, 7) is 6.10. The van der Waals surface area contributed by atoms with Crippen LogP contribution < -0.4 is 5.32 Å². The zero-order valence-electron chi connectivity index (χ0n) is 11.1. The summed E-state index contributed by atoms with van der Waals surface area (Å²) in [5, 5.41) is 3.14. The topological polar surface area (TPSA) is 38.3 Å². The molecular formula is C15H19NO2. The molecule has 18 heavy (non-hydrogen) atoms. The number of benzene rings is 1. The molecule has 0 aliphatic heterocycles. The molecule has 3 heteroatoms. The molecule has 0 saturated heterocycles. The predicted molar refractivity (Wildman–Crippen MR) is 73.3 cm³/mol. The van der Waals surface area contributed by atoms with Crippen LogP contribution in [0, 0.1) is 12.3 Å². The molecule has 1 aromatic rings. The number of rotatable bonds is 4. The Balaban J connectivity index is 2.38. The van der Waals surface area contributed by atoms with Crippen LogP contribution in [0.2, 0.25) is 0 Å². The number of ether oxygens (including phenoxy) is 1. The highest BCUT2D eigenvalue weighted by atomic mass is 16.6. The maximum absolute atomic E-state index is 11.5. The number of hydrogen-bond donors (Lipinski definition) is 1. The molecule has 1 N–H and O–H groups in total. The molecule has 0 heterocycles. The van der Waals surface area contributed by atoms with Gasteiger partial charge in [-0.2, -0.15) is 0 Å². The summed E-state index contributed by atoms with van der Waals surface area (Å²) >= 11 is 0. The standard InChI is InChI=1S/C15H19NO2/c1-5-12-7-6-8-13(11-12)16-10-9-14(17)18-15(2,3)4/h1,6-8,11,16H,9-10H2,2-4H3. The molecule has 3 nitrogen and oxygen atoms in total. The average Bonchev–Trinajstić information content (AvgIpc) is 2.27. The molecule has 0 radical (unpaired) electrons. The third kappa shape index (κ3) is 5.40. The Bertz CT molecular complexity index is 452. The molecule has 1 aromatic carbocycles. The van der Waals surface area contributed by atoms with Crippen LogP contribution >= 0.6 is 0 Å². The minimum Gasteiger partial charge on any atom is -0.460 e. The number of anilines is 1. The highest BCUT2D eigenvalue weighted by Crippen LogP contribution is 2.11. The molecule has 0 spiro atoms. The summed E-state index contributed by atoms with van der Waals surface area (Å²) in [4.78, 5) is 11.5. The van der Waals surface area contributed by atoms with Crippen molar-refractivity contribution >= 4 is 11.7 Å². The van der Waals surface area contributed by atoms with Gasteiger partial charge in [0.1, 0.15) is 5.60 Å². The van der Waals surface area contributed by atoms with Crippen molar-refractivity contribution in [3.8, 4) is 12.3 Å². The van der Waals surface area contributed by atoms with Gasteiger partial charge in [-0.15, -0.1) is 6.42 Å². The van der Waals surface area contributed by atoms with Crippen LogP contribution in [-0.4, -0.2) is 18.1 Å². The van der Waals surface area contributed by atoms with Gasteiger partial charge in [0.25, 0.3) is 0 Å². The third-order valence-electron chi connectivity index (χ3n) is 2.11. The van der Waals surface area contributed by atoms with Gasteiger partial charge in [-0.3, -0.25) is 4.79 Å². The van der Waals surface area contributed by atoms with E-state index in [9.17, 15) is 4.79 Å². The SMILES string of the molecule is C#Cc1cccc(NCCC(=O)OC(C)(C)C)c1. The summed E-state index contributed by atoms with van der Waals surface area (Å²) in [5.41, 5.74) is 1.30. The largest absolute Gasteiger partial charge is 0.460 e. The van der Waals surface area contributed by atoms with Crippen LogP contribution in [0.3, 0.4) is 0 Å². The maximum Gasteiger partial charge on any atom is 0.308 e. The van der Waals surface area contributed by atoms with E-state index in [1.165, 1.54) is 0 Å². The van der Waals surface area contributed by atoms with E-state index in [4.69, 9.17) is 11.2 Å². The minimum absolute atomic E-state index is 0.205. The van der Waals surface area contributed by atoms with E-state index in [-0.39, 0.29) is 5.97 Å². The first-order chi connectivity index (χ1) is 8.40. The molecular weight excluding hydrogens is 226 g/mol. The zero-order valence-corrected chi connectivity index (χ0v) is 11.1. The zero-order chi connectivity index (χ0) is 13.6. The molecule has 0 atom stereocenters. The highest BCUT2D eigenvalue weighted by molar-refractivity contribution is 5.70. The lowest BCUT2D eigenvalue weighted by Crippen LogP contribution is -2.25. The Morgan fingerprint density at radius 3 is 2.78 bits per heavy atom. The van der Waals surface area contributed by atoms with E-state index in [0.717, 1.165) is 11.3 Å². The van der Waals surface area contributed by atoms with Gasteiger partial charge in [0.2, 0.25) is 0 Å². The maximum atomic E-state index is 11.5. The molecule has 0 amide bonds. The number of nitrogens with one attached hydrogen (secondary N) is 1. The summed E-state index contributed by atoms with van der Waals surface area (Å²) in [7, 11) is 0. The van der Waals surface area contributed by atoms with E-state index in [1.807, 2.05) is 45.0 Å². The lowest BCUT2D eigenvalue weighted by Gasteiger charge is -2.19. The van der Waals surface area contributed by atoms with Crippen molar-refractivity contribution in [3.63, 3.8) is 0 Å². The number of carbonyl (C=O) groups is 1. The Morgan fingerprint density at radius 2 is 2.17 bits per heavy atom. The Hall–Kier alpha value is -1.95. The molecule has 96 valence electrons. The lowest BCUT2D eigenvalue weighted by molar-refractivity contribution is -0.154. The quantitative estimate of drug-likeness (QED) is 0.655. The summed E-state index contributed by atoms with van der Waals surface area (Å²) < 4.78 is 5.21. The van der Waals surface area contributed by atoms with E-state index < -0.39 is 5.60 Å². The second-order valence-corrected chi connectivity index (χ2v) is 4.99. The number of carbonyl (C=O) groups excluding carboxylic acids is 1. The van der Waals surface area contributed by atoms with Crippen LogP contribution in [0.25, 0.3) is 0 Å². The van der Waals surface area contributed by atoms with Crippen molar-refractivity contribution in [1.29, 1.82) is 0 Å². The first kappa shape index (κ1) is 14.1. The van der Waals surface area contributed by atoms with Gasteiger partial charge in [0.15, 0.2) is 0 Å². The first-order valence-corrected chi connectivity index (χ1v) is 5.93. The van der Waals surface area contributed by atoms with Gasteiger partial charge in [0, 0.05) is 17.8 Å². The molecule has 0 saturated carbocycles. The molecule has 0 unspecified atom stereocenters. The van der Waals surface area contributed by atoms with Crippen LogP contribution in [0.4, 0.5) is 5.69 Å². The van der Waals surface area contributed by atoms with Crippen LogP contribution in [0.15, 0.2) is 24.3 Å². The minimum atomic E-state index is -0.430. The third-order valence-corrected chi connectivity index (χ3v) is 2.11. The summed E-state index contributed by atoms with van der Waals surface area (Å²) in [6, 6.07) is 7.52. The Morgan fingerprint density at radius 1 is 1.44 bits per heavy atom. The van der Waals surface area contributed by atoms with Crippen molar-refractivity contribution in [1.82, 2.24) is 0 Å². The molecule has 1 rings (SSSR count). The van der Waals surface area contributed by atoms with Gasteiger partial charge in [-0.1, -0.05) is 12.0 Å².